The van der Waals surface area contributed by atoms with Crippen LogP contribution in [0.2, 0.25) is 0 Å². The number of hydrogen-bond donors (Lipinski definition) is 0. The highest BCUT2D eigenvalue weighted by molar-refractivity contribution is 5.91. The zero-order valence-electron chi connectivity index (χ0n) is 19.6. The molecule has 0 aliphatic carbocycles. The quantitative estimate of drug-likeness (QED) is 0.502. The summed E-state index contributed by atoms with van der Waals surface area (Å²) < 4.78 is 11.0. The van der Waals surface area contributed by atoms with E-state index in [1.54, 1.807) is 6.08 Å². The first-order valence-electron chi connectivity index (χ1n) is 12.0. The maximum Gasteiger partial charge on any atom is 0.246 e. The molecule has 1 amide bonds. The Balaban J connectivity index is 1.04. The summed E-state index contributed by atoms with van der Waals surface area (Å²) in [7, 11) is 0. The Bertz CT molecular complexity index is 1160. The maximum atomic E-state index is 12.6. The molecule has 2 aromatic carbocycles. The molecular formula is C27H30N4O3. The number of carbonyl (C=O) groups excluding carboxylic acids is 1. The number of ether oxygens (including phenoxy) is 1. The van der Waals surface area contributed by atoms with E-state index in [9.17, 15) is 4.79 Å². The number of nitrogens with zero attached hydrogens (tertiary/aromatic N) is 4. The Kier molecular flexibility index (Phi) is 6.72. The normalized spacial score (nSPS) is 16.1. The van der Waals surface area contributed by atoms with Gasteiger partial charge in [-0.2, -0.15) is 4.98 Å². The summed E-state index contributed by atoms with van der Waals surface area (Å²) in [5.74, 6) is 2.35. The van der Waals surface area contributed by atoms with E-state index in [2.05, 4.69) is 28.0 Å². The van der Waals surface area contributed by atoms with Gasteiger partial charge in [-0.3, -0.25) is 9.69 Å². The first-order chi connectivity index (χ1) is 16.6. The first-order valence-corrected chi connectivity index (χ1v) is 12.0. The van der Waals surface area contributed by atoms with Gasteiger partial charge in [-0.25, -0.2) is 0 Å². The van der Waals surface area contributed by atoms with Crippen molar-refractivity contribution in [2.24, 2.45) is 0 Å². The van der Waals surface area contributed by atoms with Crippen LogP contribution in [0.5, 0.6) is 5.75 Å². The van der Waals surface area contributed by atoms with E-state index in [-0.39, 0.29) is 5.91 Å². The molecule has 2 aliphatic rings. The molecule has 3 aromatic rings. The maximum absolute atomic E-state index is 12.6. The fourth-order valence-corrected chi connectivity index (χ4v) is 4.41. The first kappa shape index (κ1) is 22.3. The van der Waals surface area contributed by atoms with Gasteiger partial charge in [0.15, 0.2) is 0 Å². The lowest BCUT2D eigenvalue weighted by molar-refractivity contribution is -0.127. The van der Waals surface area contributed by atoms with Crippen molar-refractivity contribution in [1.82, 2.24) is 19.9 Å². The van der Waals surface area contributed by atoms with Crippen LogP contribution in [0.1, 0.15) is 29.0 Å². The lowest BCUT2D eigenvalue weighted by Gasteiger charge is -2.34. The Morgan fingerprint density at radius 3 is 2.74 bits per heavy atom. The van der Waals surface area contributed by atoms with Crippen LogP contribution in [0.15, 0.2) is 53.1 Å². The van der Waals surface area contributed by atoms with Crippen LogP contribution in [-0.2, 0) is 17.6 Å². The molecule has 0 unspecified atom stereocenters. The molecule has 0 saturated carbocycles. The number of carbonyl (C=O) groups is 1. The van der Waals surface area contributed by atoms with Gasteiger partial charge in [-0.05, 0) is 49.2 Å². The predicted molar refractivity (Wildman–Crippen MR) is 130 cm³/mol. The minimum absolute atomic E-state index is 0.0749. The second-order valence-electron chi connectivity index (χ2n) is 8.95. The number of hydrogen-bond acceptors (Lipinski definition) is 6. The fourth-order valence-electron chi connectivity index (χ4n) is 4.41. The second-order valence-corrected chi connectivity index (χ2v) is 8.95. The second kappa shape index (κ2) is 10.2. The van der Waals surface area contributed by atoms with Gasteiger partial charge in [0.05, 0.1) is 6.61 Å². The molecule has 2 aliphatic heterocycles. The van der Waals surface area contributed by atoms with Gasteiger partial charge in [0.25, 0.3) is 0 Å². The lowest BCUT2D eigenvalue weighted by Crippen LogP contribution is -2.48. The Morgan fingerprint density at radius 1 is 1.09 bits per heavy atom. The Morgan fingerprint density at radius 2 is 1.91 bits per heavy atom. The van der Waals surface area contributed by atoms with Gasteiger partial charge < -0.3 is 14.2 Å². The molecule has 0 spiro atoms. The molecule has 1 fully saturated rings. The number of piperazine rings is 1. The molecule has 5 rings (SSSR count). The average molecular weight is 459 g/mol. The molecular weight excluding hydrogens is 428 g/mol. The van der Waals surface area contributed by atoms with E-state index in [0.29, 0.717) is 11.7 Å². The smallest absolute Gasteiger partial charge is 0.246 e. The van der Waals surface area contributed by atoms with Crippen LogP contribution in [-0.4, -0.2) is 65.2 Å². The number of benzene rings is 2. The van der Waals surface area contributed by atoms with E-state index in [0.717, 1.165) is 75.5 Å². The largest absolute Gasteiger partial charge is 0.493 e. The zero-order valence-corrected chi connectivity index (χ0v) is 19.6. The lowest BCUT2D eigenvalue weighted by atomic mass is 10.1. The van der Waals surface area contributed by atoms with Gasteiger partial charge in [0, 0.05) is 50.7 Å². The topological polar surface area (TPSA) is 71.7 Å². The van der Waals surface area contributed by atoms with Gasteiger partial charge in [-0.1, -0.05) is 41.1 Å². The number of rotatable bonds is 7. The summed E-state index contributed by atoms with van der Waals surface area (Å²) in [6, 6.07) is 14.2. The van der Waals surface area contributed by atoms with Crippen LogP contribution < -0.4 is 4.74 Å². The summed E-state index contributed by atoms with van der Waals surface area (Å²) >= 11 is 0. The van der Waals surface area contributed by atoms with Crippen molar-refractivity contribution < 1.29 is 14.1 Å². The van der Waals surface area contributed by atoms with Crippen LogP contribution in [0, 0.1) is 6.92 Å². The molecule has 1 saturated heterocycles. The number of amides is 1. The molecule has 3 heterocycles. The zero-order chi connectivity index (χ0) is 23.3. The summed E-state index contributed by atoms with van der Waals surface area (Å²) in [5, 5.41) is 4.11. The van der Waals surface area contributed by atoms with E-state index in [4.69, 9.17) is 9.26 Å². The van der Waals surface area contributed by atoms with Gasteiger partial charge in [-0.15, -0.1) is 0 Å². The van der Waals surface area contributed by atoms with Crippen molar-refractivity contribution in [3.63, 3.8) is 0 Å². The van der Waals surface area contributed by atoms with Crippen molar-refractivity contribution in [2.45, 2.75) is 26.2 Å². The molecule has 0 atom stereocenters. The number of fused-ring (bicyclic) bond motifs is 1. The van der Waals surface area contributed by atoms with Gasteiger partial charge >= 0.3 is 0 Å². The third-order valence-corrected chi connectivity index (χ3v) is 6.46. The highest BCUT2D eigenvalue weighted by atomic mass is 16.5. The fraction of sp³-hybridized carbons (Fsp3) is 0.370. The Labute approximate surface area is 200 Å². The van der Waals surface area contributed by atoms with Gasteiger partial charge in [0.1, 0.15) is 5.75 Å². The molecule has 0 radical (unpaired) electrons. The van der Waals surface area contributed by atoms with Crippen molar-refractivity contribution in [3.05, 3.63) is 71.1 Å². The Hall–Kier alpha value is -3.45. The standard InChI is InChI=1S/C27H30N4O3/c1-20-4-8-22(9-5-20)27-28-25(34-29-27)3-2-13-30-14-16-31(17-15-30)26(32)11-7-21-6-10-24-23(19-21)12-18-33-24/h4-11,19H,2-3,12-18H2,1H3/b11-7+. The van der Waals surface area contributed by atoms with E-state index in [1.807, 2.05) is 47.4 Å². The SMILES string of the molecule is Cc1ccc(-c2noc(CCCN3CCN(C(=O)/C=C/c4ccc5c(c4)CCO5)CC3)n2)cc1. The molecule has 0 bridgehead atoms. The van der Waals surface area contributed by atoms with E-state index in [1.165, 1.54) is 11.1 Å². The summed E-state index contributed by atoms with van der Waals surface area (Å²) in [4.78, 5) is 21.5. The highest BCUT2D eigenvalue weighted by Gasteiger charge is 2.20. The molecule has 7 heteroatoms. The molecule has 1 aromatic heterocycles. The van der Waals surface area contributed by atoms with Crippen molar-refractivity contribution >= 4 is 12.0 Å². The summed E-state index contributed by atoms with van der Waals surface area (Å²) in [6.07, 6.45) is 6.24. The van der Waals surface area contributed by atoms with Crippen LogP contribution >= 0.6 is 0 Å². The summed E-state index contributed by atoms with van der Waals surface area (Å²) in [5.41, 5.74) is 4.44. The van der Waals surface area contributed by atoms with E-state index >= 15 is 0 Å². The molecule has 0 N–H and O–H groups in total. The van der Waals surface area contributed by atoms with E-state index < -0.39 is 0 Å². The van der Waals surface area contributed by atoms with Crippen LogP contribution in [0.25, 0.3) is 17.5 Å². The minimum Gasteiger partial charge on any atom is -0.493 e. The predicted octanol–water partition coefficient (Wildman–Crippen LogP) is 3.77. The molecule has 7 nitrogen and oxygen atoms in total. The number of aryl methyl sites for hydroxylation is 2. The highest BCUT2D eigenvalue weighted by Crippen LogP contribution is 2.26. The van der Waals surface area contributed by atoms with Crippen molar-refractivity contribution in [1.29, 1.82) is 0 Å². The molecule has 34 heavy (non-hydrogen) atoms. The monoisotopic (exact) mass is 458 g/mol. The molecule has 176 valence electrons. The third-order valence-electron chi connectivity index (χ3n) is 6.46. The average Bonchev–Trinajstić information content (AvgIpc) is 3.53. The van der Waals surface area contributed by atoms with Crippen molar-refractivity contribution in [2.75, 3.05) is 39.3 Å². The number of aromatic nitrogens is 2. The summed E-state index contributed by atoms with van der Waals surface area (Å²) in [6.45, 7) is 7.02. The van der Waals surface area contributed by atoms with Crippen molar-refractivity contribution in [3.8, 4) is 17.1 Å². The minimum atomic E-state index is 0.0749. The van der Waals surface area contributed by atoms with Crippen LogP contribution in [0.3, 0.4) is 0 Å². The van der Waals surface area contributed by atoms with Crippen LogP contribution in [0.4, 0.5) is 0 Å². The van der Waals surface area contributed by atoms with Gasteiger partial charge in [0.2, 0.25) is 17.6 Å². The third kappa shape index (κ3) is 5.37.